The second-order valence-corrected chi connectivity index (χ2v) is 8.48. The third-order valence-electron chi connectivity index (χ3n) is 5.17. The highest BCUT2D eigenvalue weighted by atomic mass is 32.2. The molecule has 2 aromatic carbocycles. The summed E-state index contributed by atoms with van der Waals surface area (Å²) >= 11 is 0. The number of rotatable bonds is 7. The standard InChI is InChI=1S/C20H24FNO5S/c1-25-17-6-3-15(4-7-17)20(9-11-27-12-10-20)14-22-28(23,24)19-13-16(21)5-8-18(19)26-2/h3-8,13,22H,9-12,14H2,1-2H3. The van der Waals surface area contributed by atoms with Gasteiger partial charge in [-0.3, -0.25) is 0 Å². The molecule has 28 heavy (non-hydrogen) atoms. The first kappa shape index (κ1) is 20.6. The number of ether oxygens (including phenoxy) is 3. The summed E-state index contributed by atoms with van der Waals surface area (Å²) in [4.78, 5) is -0.216. The largest absolute Gasteiger partial charge is 0.497 e. The summed E-state index contributed by atoms with van der Waals surface area (Å²) in [7, 11) is -1.02. The van der Waals surface area contributed by atoms with E-state index in [2.05, 4.69) is 4.72 Å². The van der Waals surface area contributed by atoms with Crippen LogP contribution in [-0.4, -0.2) is 42.4 Å². The van der Waals surface area contributed by atoms with Gasteiger partial charge in [-0.25, -0.2) is 17.5 Å². The van der Waals surface area contributed by atoms with E-state index in [1.54, 1.807) is 7.11 Å². The number of sulfonamides is 1. The van der Waals surface area contributed by atoms with Gasteiger partial charge in [0.05, 0.1) is 14.2 Å². The molecule has 152 valence electrons. The summed E-state index contributed by atoms with van der Waals surface area (Å²) in [6.45, 7) is 1.25. The van der Waals surface area contributed by atoms with Crippen LogP contribution in [0.3, 0.4) is 0 Å². The first-order valence-corrected chi connectivity index (χ1v) is 10.4. The SMILES string of the molecule is COc1ccc(C2(CNS(=O)(=O)c3cc(F)ccc3OC)CCOCC2)cc1. The van der Waals surface area contributed by atoms with E-state index in [-0.39, 0.29) is 17.2 Å². The molecule has 1 aliphatic heterocycles. The molecular weight excluding hydrogens is 385 g/mol. The van der Waals surface area contributed by atoms with Gasteiger partial charge in [-0.2, -0.15) is 0 Å². The van der Waals surface area contributed by atoms with Gasteiger partial charge in [0.1, 0.15) is 22.2 Å². The summed E-state index contributed by atoms with van der Waals surface area (Å²) < 4.78 is 57.8. The smallest absolute Gasteiger partial charge is 0.244 e. The first-order valence-electron chi connectivity index (χ1n) is 8.96. The van der Waals surface area contributed by atoms with Crippen LogP contribution in [0.2, 0.25) is 0 Å². The van der Waals surface area contributed by atoms with Crippen molar-refractivity contribution in [1.82, 2.24) is 4.72 Å². The zero-order chi connectivity index (χ0) is 20.2. The van der Waals surface area contributed by atoms with Crippen LogP contribution in [0.4, 0.5) is 4.39 Å². The van der Waals surface area contributed by atoms with Crippen molar-refractivity contribution in [3.8, 4) is 11.5 Å². The van der Waals surface area contributed by atoms with Gasteiger partial charge in [0.15, 0.2) is 0 Å². The molecule has 1 fully saturated rings. The van der Waals surface area contributed by atoms with E-state index in [4.69, 9.17) is 14.2 Å². The molecule has 1 N–H and O–H groups in total. The molecule has 0 aromatic heterocycles. The fraction of sp³-hybridized carbons (Fsp3) is 0.400. The van der Waals surface area contributed by atoms with Crippen molar-refractivity contribution >= 4 is 10.0 Å². The van der Waals surface area contributed by atoms with Crippen molar-refractivity contribution in [2.24, 2.45) is 0 Å². The lowest BCUT2D eigenvalue weighted by Crippen LogP contribution is -2.44. The van der Waals surface area contributed by atoms with Crippen molar-refractivity contribution in [3.05, 3.63) is 53.8 Å². The molecule has 0 amide bonds. The van der Waals surface area contributed by atoms with Gasteiger partial charge in [0.2, 0.25) is 10.0 Å². The Kier molecular flexibility index (Phi) is 6.22. The van der Waals surface area contributed by atoms with Crippen molar-refractivity contribution in [2.45, 2.75) is 23.2 Å². The van der Waals surface area contributed by atoms with Gasteiger partial charge < -0.3 is 14.2 Å². The lowest BCUT2D eigenvalue weighted by atomic mass is 9.74. The van der Waals surface area contributed by atoms with Gasteiger partial charge in [-0.1, -0.05) is 12.1 Å². The van der Waals surface area contributed by atoms with E-state index in [0.717, 1.165) is 23.4 Å². The van der Waals surface area contributed by atoms with Gasteiger partial charge in [0.25, 0.3) is 0 Å². The molecule has 0 atom stereocenters. The fourth-order valence-corrected chi connectivity index (χ4v) is 4.75. The molecule has 8 heteroatoms. The summed E-state index contributed by atoms with van der Waals surface area (Å²) in [5, 5.41) is 0. The Bertz CT molecular complexity index is 909. The highest BCUT2D eigenvalue weighted by molar-refractivity contribution is 7.89. The second-order valence-electron chi connectivity index (χ2n) is 6.74. The highest BCUT2D eigenvalue weighted by Crippen LogP contribution is 2.36. The summed E-state index contributed by atoms with van der Waals surface area (Å²) in [5.74, 6) is 0.188. The molecule has 1 saturated heterocycles. The predicted molar refractivity (Wildman–Crippen MR) is 103 cm³/mol. The van der Waals surface area contributed by atoms with Gasteiger partial charge >= 0.3 is 0 Å². The van der Waals surface area contributed by atoms with Crippen LogP contribution in [0.5, 0.6) is 11.5 Å². The summed E-state index contributed by atoms with van der Waals surface area (Å²) in [5.41, 5.74) is 0.587. The van der Waals surface area contributed by atoms with Crippen molar-refractivity contribution in [3.63, 3.8) is 0 Å². The van der Waals surface area contributed by atoms with Crippen molar-refractivity contribution < 1.29 is 27.0 Å². The molecule has 0 spiro atoms. The molecule has 1 aliphatic rings. The molecule has 0 unspecified atom stereocenters. The number of halogens is 1. The van der Waals surface area contributed by atoms with E-state index in [9.17, 15) is 12.8 Å². The van der Waals surface area contributed by atoms with Gasteiger partial charge in [0, 0.05) is 25.2 Å². The summed E-state index contributed by atoms with van der Waals surface area (Å²) in [6.07, 6.45) is 1.34. The second kappa shape index (κ2) is 8.46. The van der Waals surface area contributed by atoms with Crippen LogP contribution in [0, 0.1) is 5.82 Å². The van der Waals surface area contributed by atoms with Crippen LogP contribution in [0.25, 0.3) is 0 Å². The minimum Gasteiger partial charge on any atom is -0.497 e. The third-order valence-corrected chi connectivity index (χ3v) is 6.59. The monoisotopic (exact) mass is 409 g/mol. The lowest BCUT2D eigenvalue weighted by molar-refractivity contribution is 0.0517. The Labute approximate surface area is 164 Å². The minimum atomic E-state index is -3.96. The van der Waals surface area contributed by atoms with Crippen LogP contribution < -0.4 is 14.2 Å². The van der Waals surface area contributed by atoms with Gasteiger partial charge in [-0.15, -0.1) is 0 Å². The zero-order valence-electron chi connectivity index (χ0n) is 15.9. The molecule has 0 radical (unpaired) electrons. The zero-order valence-corrected chi connectivity index (χ0v) is 16.7. The average molecular weight is 409 g/mol. The third kappa shape index (κ3) is 4.29. The maximum atomic E-state index is 13.6. The van der Waals surface area contributed by atoms with E-state index in [0.29, 0.717) is 26.1 Å². The molecule has 1 heterocycles. The Hall–Kier alpha value is -2.16. The summed E-state index contributed by atoms with van der Waals surface area (Å²) in [6, 6.07) is 11.0. The first-order chi connectivity index (χ1) is 13.4. The highest BCUT2D eigenvalue weighted by Gasteiger charge is 2.36. The predicted octanol–water partition coefficient (Wildman–Crippen LogP) is 2.87. The van der Waals surface area contributed by atoms with E-state index in [1.165, 1.54) is 13.2 Å². The van der Waals surface area contributed by atoms with E-state index in [1.807, 2.05) is 24.3 Å². The Morgan fingerprint density at radius 1 is 1.07 bits per heavy atom. The van der Waals surface area contributed by atoms with Crippen molar-refractivity contribution in [2.75, 3.05) is 34.0 Å². The molecule has 0 saturated carbocycles. The van der Waals surface area contributed by atoms with Crippen LogP contribution in [0.1, 0.15) is 18.4 Å². The molecule has 0 bridgehead atoms. The minimum absolute atomic E-state index is 0.0966. The molecule has 3 rings (SSSR count). The Morgan fingerprint density at radius 3 is 2.36 bits per heavy atom. The molecule has 6 nitrogen and oxygen atoms in total. The molecular formula is C20H24FNO5S. The van der Waals surface area contributed by atoms with Crippen molar-refractivity contribution in [1.29, 1.82) is 0 Å². The Balaban J connectivity index is 1.88. The van der Waals surface area contributed by atoms with E-state index < -0.39 is 21.3 Å². The normalized spacial score (nSPS) is 16.5. The van der Waals surface area contributed by atoms with Gasteiger partial charge in [-0.05, 0) is 48.7 Å². The number of hydrogen-bond acceptors (Lipinski definition) is 5. The fourth-order valence-electron chi connectivity index (χ4n) is 3.45. The number of hydrogen-bond donors (Lipinski definition) is 1. The van der Waals surface area contributed by atoms with Crippen LogP contribution >= 0.6 is 0 Å². The Morgan fingerprint density at radius 2 is 1.75 bits per heavy atom. The quantitative estimate of drug-likeness (QED) is 0.761. The van der Waals surface area contributed by atoms with Crippen LogP contribution in [0.15, 0.2) is 47.4 Å². The topological polar surface area (TPSA) is 73.9 Å². The molecule has 0 aliphatic carbocycles. The number of benzene rings is 2. The molecule has 2 aromatic rings. The number of methoxy groups -OCH3 is 2. The maximum Gasteiger partial charge on any atom is 0.244 e. The maximum absolute atomic E-state index is 13.6. The lowest BCUT2D eigenvalue weighted by Gasteiger charge is -2.38. The number of nitrogens with one attached hydrogen (secondary N) is 1. The average Bonchev–Trinajstić information content (AvgIpc) is 2.73. The van der Waals surface area contributed by atoms with Crippen LogP contribution in [-0.2, 0) is 20.2 Å². The van der Waals surface area contributed by atoms with E-state index >= 15 is 0 Å².